The second-order valence-electron chi connectivity index (χ2n) is 5.58. The van der Waals surface area contributed by atoms with E-state index in [9.17, 15) is 4.79 Å². The van der Waals surface area contributed by atoms with Gasteiger partial charge >= 0.3 is 0 Å². The zero-order valence-electron chi connectivity index (χ0n) is 14.8. The van der Waals surface area contributed by atoms with Crippen molar-refractivity contribution in [2.24, 2.45) is 0 Å². The van der Waals surface area contributed by atoms with Gasteiger partial charge in [0.05, 0.1) is 5.25 Å². The smallest absolute Gasteiger partial charge is 0.237 e. The minimum absolute atomic E-state index is 0.000240. The predicted octanol–water partition coefficient (Wildman–Crippen LogP) is 4.89. The van der Waals surface area contributed by atoms with E-state index in [4.69, 9.17) is 12.2 Å². The molecule has 5 heteroatoms. The van der Waals surface area contributed by atoms with Crippen molar-refractivity contribution < 1.29 is 4.79 Å². The molecule has 0 radical (unpaired) electrons. The molecule has 0 bridgehead atoms. The summed E-state index contributed by atoms with van der Waals surface area (Å²) in [5, 5.41) is 2.85. The Kier molecular flexibility index (Phi) is 8.63. The van der Waals surface area contributed by atoms with Crippen molar-refractivity contribution in [1.82, 2.24) is 4.90 Å². The summed E-state index contributed by atoms with van der Waals surface area (Å²) in [4.78, 5) is 14.6. The van der Waals surface area contributed by atoms with Gasteiger partial charge in [-0.05, 0) is 44.7 Å². The quantitative estimate of drug-likeness (QED) is 0.708. The van der Waals surface area contributed by atoms with Crippen LogP contribution in [-0.2, 0) is 4.79 Å². The molecular weight excluding hydrogens is 324 g/mol. The first-order chi connectivity index (χ1) is 10.9. The van der Waals surface area contributed by atoms with Crippen LogP contribution in [0.2, 0.25) is 0 Å². The molecule has 0 saturated carbocycles. The molecule has 0 unspecified atom stereocenters. The van der Waals surface area contributed by atoms with Crippen LogP contribution in [0.1, 0.15) is 52.5 Å². The van der Waals surface area contributed by atoms with Crippen molar-refractivity contribution in [2.45, 2.75) is 52.2 Å². The molecule has 3 nitrogen and oxygen atoms in total. The minimum atomic E-state index is -0.215. The van der Waals surface area contributed by atoms with Crippen LogP contribution < -0.4 is 5.32 Å². The molecule has 0 spiro atoms. The molecule has 0 aliphatic rings. The summed E-state index contributed by atoms with van der Waals surface area (Å²) in [6.45, 7) is 12.1. The zero-order valence-corrected chi connectivity index (χ0v) is 16.4. The van der Waals surface area contributed by atoms with Gasteiger partial charge in [0.1, 0.15) is 4.32 Å². The zero-order chi connectivity index (χ0) is 17.4. The molecule has 0 heterocycles. The number of para-hydroxylation sites is 1. The molecule has 2 atom stereocenters. The summed E-state index contributed by atoms with van der Waals surface area (Å²) in [5.74, 6) is 0.423. The fraction of sp³-hybridized carbons (Fsp3) is 0.556. The molecule has 1 rings (SSSR count). The summed E-state index contributed by atoms with van der Waals surface area (Å²) < 4.78 is 0.785. The van der Waals surface area contributed by atoms with Gasteiger partial charge in [0.25, 0.3) is 0 Å². The summed E-state index contributed by atoms with van der Waals surface area (Å²) in [7, 11) is 0. The fourth-order valence-electron chi connectivity index (χ4n) is 2.26. The topological polar surface area (TPSA) is 32.3 Å². The van der Waals surface area contributed by atoms with E-state index in [2.05, 4.69) is 44.0 Å². The van der Waals surface area contributed by atoms with Crippen molar-refractivity contribution in [3.63, 3.8) is 0 Å². The maximum Gasteiger partial charge on any atom is 0.237 e. The number of thioether (sulfide) groups is 1. The summed E-state index contributed by atoms with van der Waals surface area (Å²) in [6, 6.07) is 8.03. The second kappa shape index (κ2) is 9.93. The van der Waals surface area contributed by atoms with Crippen molar-refractivity contribution >= 4 is 39.9 Å². The first kappa shape index (κ1) is 20.0. The highest BCUT2D eigenvalue weighted by Gasteiger charge is 2.19. The average Bonchev–Trinajstić information content (AvgIpc) is 2.55. The Morgan fingerprint density at radius 2 is 1.83 bits per heavy atom. The average molecular weight is 353 g/mol. The summed E-state index contributed by atoms with van der Waals surface area (Å²) in [5.41, 5.74) is 2.10. The number of hydrogen-bond donors (Lipinski definition) is 1. The van der Waals surface area contributed by atoms with Gasteiger partial charge in [-0.3, -0.25) is 4.79 Å². The molecule has 1 aromatic rings. The molecule has 0 aliphatic heterocycles. The van der Waals surface area contributed by atoms with Crippen LogP contribution in [-0.4, -0.2) is 33.5 Å². The van der Waals surface area contributed by atoms with Gasteiger partial charge in [0, 0.05) is 18.8 Å². The number of carbonyl (C=O) groups excluding carboxylic acids is 1. The van der Waals surface area contributed by atoms with Gasteiger partial charge in [-0.2, -0.15) is 0 Å². The number of benzene rings is 1. The lowest BCUT2D eigenvalue weighted by molar-refractivity contribution is -0.115. The maximum atomic E-state index is 12.5. The SMILES string of the molecule is CC[C@H](C)c1ccccc1NC(=O)[C@H](C)SC(=S)N(CC)CC. The lowest BCUT2D eigenvalue weighted by Gasteiger charge is -2.23. The Morgan fingerprint density at radius 3 is 2.39 bits per heavy atom. The Labute approximate surface area is 150 Å². The highest BCUT2D eigenvalue weighted by molar-refractivity contribution is 8.23. The Hall–Kier alpha value is -1.07. The first-order valence-electron chi connectivity index (χ1n) is 8.29. The van der Waals surface area contributed by atoms with Crippen molar-refractivity contribution in [3.05, 3.63) is 29.8 Å². The van der Waals surface area contributed by atoms with Crippen molar-refractivity contribution in [1.29, 1.82) is 0 Å². The first-order valence-corrected chi connectivity index (χ1v) is 9.58. The Morgan fingerprint density at radius 1 is 1.22 bits per heavy atom. The van der Waals surface area contributed by atoms with E-state index in [1.807, 2.05) is 25.1 Å². The molecule has 0 aromatic heterocycles. The lowest BCUT2D eigenvalue weighted by Crippen LogP contribution is -2.31. The van der Waals surface area contributed by atoms with Crippen LogP contribution in [0.4, 0.5) is 5.69 Å². The third-order valence-corrected chi connectivity index (χ3v) is 5.60. The van der Waals surface area contributed by atoms with Gasteiger partial charge < -0.3 is 10.2 Å². The summed E-state index contributed by atoms with van der Waals surface area (Å²) in [6.07, 6.45) is 1.04. The van der Waals surface area contributed by atoms with Gasteiger partial charge in [0.15, 0.2) is 0 Å². The predicted molar refractivity (Wildman–Crippen MR) is 106 cm³/mol. The number of hydrogen-bond acceptors (Lipinski definition) is 3. The van der Waals surface area contributed by atoms with Gasteiger partial charge in [-0.1, -0.05) is 56.0 Å². The van der Waals surface area contributed by atoms with Crippen LogP contribution in [0.25, 0.3) is 0 Å². The van der Waals surface area contributed by atoms with E-state index in [1.54, 1.807) is 0 Å². The monoisotopic (exact) mass is 352 g/mol. The minimum Gasteiger partial charge on any atom is -0.358 e. The molecule has 1 N–H and O–H groups in total. The van der Waals surface area contributed by atoms with Crippen LogP contribution in [0.15, 0.2) is 24.3 Å². The van der Waals surface area contributed by atoms with Crippen molar-refractivity contribution in [2.75, 3.05) is 18.4 Å². The molecule has 23 heavy (non-hydrogen) atoms. The fourth-order valence-corrected chi connectivity index (χ4v) is 3.82. The normalized spacial score (nSPS) is 13.3. The van der Waals surface area contributed by atoms with E-state index < -0.39 is 0 Å². The summed E-state index contributed by atoms with van der Waals surface area (Å²) >= 11 is 6.88. The lowest BCUT2D eigenvalue weighted by atomic mass is 9.97. The second-order valence-corrected chi connectivity index (χ2v) is 7.56. The standard InChI is InChI=1S/C18H28N2OS2/c1-6-13(4)15-11-9-10-12-16(15)19-17(21)14(5)23-18(22)20(7-2)8-3/h9-14H,6-8H2,1-5H3,(H,19,21)/t13-,14-/m0/s1. The number of nitrogens with zero attached hydrogens (tertiary/aromatic N) is 1. The third kappa shape index (κ3) is 5.81. The van der Waals surface area contributed by atoms with Crippen LogP contribution in [0.3, 0.4) is 0 Å². The van der Waals surface area contributed by atoms with Gasteiger partial charge in [0.2, 0.25) is 5.91 Å². The molecule has 0 saturated heterocycles. The third-order valence-electron chi connectivity index (χ3n) is 4.03. The number of anilines is 1. The number of carbonyl (C=O) groups is 1. The van der Waals surface area contributed by atoms with Gasteiger partial charge in [-0.25, -0.2) is 0 Å². The number of rotatable bonds is 7. The van der Waals surface area contributed by atoms with Crippen molar-refractivity contribution in [3.8, 4) is 0 Å². The van der Waals surface area contributed by atoms with Gasteiger partial charge in [-0.15, -0.1) is 0 Å². The van der Waals surface area contributed by atoms with E-state index >= 15 is 0 Å². The highest BCUT2D eigenvalue weighted by Crippen LogP contribution is 2.27. The maximum absolute atomic E-state index is 12.5. The van der Waals surface area contributed by atoms with Crippen LogP contribution >= 0.6 is 24.0 Å². The van der Waals surface area contributed by atoms with E-state index in [0.29, 0.717) is 5.92 Å². The van der Waals surface area contributed by atoms with E-state index in [0.717, 1.165) is 29.5 Å². The molecule has 0 fully saturated rings. The van der Waals surface area contributed by atoms with Crippen LogP contribution in [0, 0.1) is 0 Å². The number of thiocarbonyl (C=S) groups is 1. The van der Waals surface area contributed by atoms with E-state index in [-0.39, 0.29) is 11.2 Å². The molecule has 0 aliphatic carbocycles. The number of amides is 1. The molecule has 1 amide bonds. The van der Waals surface area contributed by atoms with Crippen LogP contribution in [0.5, 0.6) is 0 Å². The Balaban J connectivity index is 2.74. The number of nitrogens with one attached hydrogen (secondary N) is 1. The molecule has 128 valence electrons. The largest absolute Gasteiger partial charge is 0.358 e. The molecule has 1 aromatic carbocycles. The highest BCUT2D eigenvalue weighted by atomic mass is 32.2. The molecular formula is C18H28N2OS2. The Bertz CT molecular complexity index is 530. The van der Waals surface area contributed by atoms with E-state index in [1.165, 1.54) is 17.3 Å².